The minimum absolute atomic E-state index is 0.157. The van der Waals surface area contributed by atoms with E-state index in [1.165, 1.54) is 19.3 Å². The molecule has 0 radical (unpaired) electrons. The van der Waals surface area contributed by atoms with Crippen LogP contribution in [0.15, 0.2) is 48.5 Å². The topological polar surface area (TPSA) is 67.4 Å². The maximum atomic E-state index is 13.2. The van der Waals surface area contributed by atoms with E-state index in [1.807, 2.05) is 24.3 Å². The van der Waals surface area contributed by atoms with Crippen LogP contribution in [0.5, 0.6) is 5.75 Å². The molecule has 0 heterocycles. The summed E-state index contributed by atoms with van der Waals surface area (Å²) in [5.74, 6) is 2.97. The highest BCUT2D eigenvalue weighted by Gasteiger charge is 2.54. The van der Waals surface area contributed by atoms with Gasteiger partial charge in [-0.25, -0.2) is 0 Å². The fourth-order valence-corrected chi connectivity index (χ4v) is 6.23. The molecule has 0 spiro atoms. The zero-order chi connectivity index (χ0) is 20.7. The smallest absolute Gasteiger partial charge is 0.255 e. The van der Waals surface area contributed by atoms with Gasteiger partial charge in [-0.05, 0) is 105 Å². The van der Waals surface area contributed by atoms with Gasteiger partial charge >= 0.3 is 0 Å². The molecule has 4 aliphatic carbocycles. The normalized spacial score (nSPS) is 28.8. The first-order valence-electron chi connectivity index (χ1n) is 10.9. The molecule has 0 atom stereocenters. The second kappa shape index (κ2) is 7.46. The summed E-state index contributed by atoms with van der Waals surface area (Å²) in [6.45, 7) is 0. The molecule has 5 nitrogen and oxygen atoms in total. The number of amides is 2. The van der Waals surface area contributed by atoms with Crippen LogP contribution < -0.4 is 15.4 Å². The number of ether oxygens (including phenoxy) is 1. The Hall–Kier alpha value is -2.82. The first-order valence-corrected chi connectivity index (χ1v) is 10.9. The van der Waals surface area contributed by atoms with E-state index in [2.05, 4.69) is 10.6 Å². The van der Waals surface area contributed by atoms with Crippen molar-refractivity contribution in [3.8, 4) is 5.75 Å². The minimum Gasteiger partial charge on any atom is -0.497 e. The molecule has 4 saturated carbocycles. The minimum atomic E-state index is -0.178. The largest absolute Gasteiger partial charge is 0.497 e. The van der Waals surface area contributed by atoms with Crippen LogP contribution in [0, 0.1) is 23.2 Å². The summed E-state index contributed by atoms with van der Waals surface area (Å²) in [5.41, 5.74) is 1.90. The molecular weight excluding hydrogens is 376 g/mol. The van der Waals surface area contributed by atoms with E-state index in [0.29, 0.717) is 17.0 Å². The van der Waals surface area contributed by atoms with Gasteiger partial charge < -0.3 is 15.4 Å². The lowest BCUT2D eigenvalue weighted by atomic mass is 9.49. The van der Waals surface area contributed by atoms with Crippen LogP contribution in [0.4, 0.5) is 11.4 Å². The number of benzene rings is 2. The maximum absolute atomic E-state index is 13.2. The molecule has 0 saturated heterocycles. The number of hydrogen-bond acceptors (Lipinski definition) is 3. The van der Waals surface area contributed by atoms with Crippen molar-refractivity contribution >= 4 is 23.2 Å². The predicted molar refractivity (Wildman–Crippen MR) is 117 cm³/mol. The predicted octanol–water partition coefficient (Wildman–Crippen LogP) is 5.10. The molecule has 156 valence electrons. The van der Waals surface area contributed by atoms with E-state index >= 15 is 0 Å². The van der Waals surface area contributed by atoms with Crippen LogP contribution in [0.2, 0.25) is 0 Å². The van der Waals surface area contributed by atoms with Crippen LogP contribution in [-0.4, -0.2) is 18.9 Å². The Bertz CT molecular complexity index is 914. The zero-order valence-electron chi connectivity index (χ0n) is 17.3. The standard InChI is InChI=1S/C25H28N2O3/c1-30-22-8-2-19(3-9-22)23(28)26-20-4-6-21(7-5-20)27-24(29)25-13-16-10-17(14-25)12-18(11-16)15-25/h2-9,16-18H,10-15H2,1H3,(H,26,28)(H,27,29). The van der Waals surface area contributed by atoms with E-state index in [9.17, 15) is 9.59 Å². The molecule has 2 N–H and O–H groups in total. The molecule has 2 aromatic carbocycles. The van der Waals surface area contributed by atoms with Crippen molar-refractivity contribution in [2.45, 2.75) is 38.5 Å². The Labute approximate surface area is 177 Å². The van der Waals surface area contributed by atoms with Crippen molar-refractivity contribution in [2.75, 3.05) is 17.7 Å². The lowest BCUT2D eigenvalue weighted by Gasteiger charge is -2.55. The molecule has 4 bridgehead atoms. The van der Waals surface area contributed by atoms with Crippen molar-refractivity contribution in [3.05, 3.63) is 54.1 Å². The van der Waals surface area contributed by atoms with Gasteiger partial charge in [0.15, 0.2) is 0 Å². The molecule has 2 amide bonds. The van der Waals surface area contributed by atoms with Crippen molar-refractivity contribution in [2.24, 2.45) is 23.2 Å². The molecule has 2 aromatic rings. The molecule has 0 aromatic heterocycles. The molecule has 30 heavy (non-hydrogen) atoms. The SMILES string of the molecule is COc1ccc(C(=O)Nc2ccc(NC(=O)C34CC5CC(CC(C5)C3)C4)cc2)cc1. The third-order valence-corrected chi connectivity index (χ3v) is 7.27. The van der Waals surface area contributed by atoms with E-state index in [4.69, 9.17) is 4.74 Å². The molecule has 0 unspecified atom stereocenters. The monoisotopic (exact) mass is 404 g/mol. The van der Waals surface area contributed by atoms with Gasteiger partial charge in [0.2, 0.25) is 5.91 Å². The molecule has 5 heteroatoms. The number of methoxy groups -OCH3 is 1. The van der Waals surface area contributed by atoms with Gasteiger partial charge in [0, 0.05) is 16.9 Å². The summed E-state index contributed by atoms with van der Waals surface area (Å²) in [4.78, 5) is 25.6. The van der Waals surface area contributed by atoms with Gasteiger partial charge in [-0.3, -0.25) is 9.59 Å². The number of rotatable bonds is 5. The Morgan fingerprint density at radius 2 is 1.30 bits per heavy atom. The average Bonchev–Trinajstić information content (AvgIpc) is 2.74. The summed E-state index contributed by atoms with van der Waals surface area (Å²) >= 11 is 0. The number of nitrogens with one attached hydrogen (secondary N) is 2. The van der Waals surface area contributed by atoms with Gasteiger partial charge in [0.25, 0.3) is 5.91 Å². The van der Waals surface area contributed by atoms with Gasteiger partial charge in [0.05, 0.1) is 12.5 Å². The highest BCUT2D eigenvalue weighted by molar-refractivity contribution is 6.04. The van der Waals surface area contributed by atoms with Gasteiger partial charge in [-0.2, -0.15) is 0 Å². The number of carbonyl (C=O) groups excluding carboxylic acids is 2. The van der Waals surface area contributed by atoms with Crippen molar-refractivity contribution in [1.82, 2.24) is 0 Å². The average molecular weight is 405 g/mol. The second-order valence-electron chi connectivity index (χ2n) is 9.41. The third-order valence-electron chi connectivity index (χ3n) is 7.27. The highest BCUT2D eigenvalue weighted by atomic mass is 16.5. The summed E-state index contributed by atoms with van der Waals surface area (Å²) in [6.07, 6.45) is 7.15. The fourth-order valence-electron chi connectivity index (χ4n) is 6.23. The molecule has 6 rings (SSSR count). The summed E-state index contributed by atoms with van der Waals surface area (Å²) in [5, 5.41) is 6.05. The van der Waals surface area contributed by atoms with Crippen LogP contribution in [0.25, 0.3) is 0 Å². The lowest BCUT2D eigenvalue weighted by molar-refractivity contribution is -0.140. The number of hydrogen-bond donors (Lipinski definition) is 2. The zero-order valence-corrected chi connectivity index (χ0v) is 17.3. The van der Waals surface area contributed by atoms with Crippen LogP contribution >= 0.6 is 0 Å². The van der Waals surface area contributed by atoms with Crippen molar-refractivity contribution < 1.29 is 14.3 Å². The molecular formula is C25H28N2O3. The van der Waals surface area contributed by atoms with E-state index < -0.39 is 0 Å². The summed E-state index contributed by atoms with van der Waals surface area (Å²) in [7, 11) is 1.60. The highest BCUT2D eigenvalue weighted by Crippen LogP contribution is 2.60. The van der Waals surface area contributed by atoms with E-state index in [-0.39, 0.29) is 17.2 Å². The summed E-state index contributed by atoms with van der Waals surface area (Å²) in [6, 6.07) is 14.4. The molecule has 0 aliphatic heterocycles. The maximum Gasteiger partial charge on any atom is 0.255 e. The van der Waals surface area contributed by atoms with Crippen molar-refractivity contribution in [3.63, 3.8) is 0 Å². The van der Waals surface area contributed by atoms with Crippen LogP contribution in [0.3, 0.4) is 0 Å². The molecule has 4 fully saturated rings. The Balaban J connectivity index is 1.22. The van der Waals surface area contributed by atoms with E-state index in [1.54, 1.807) is 31.4 Å². The lowest BCUT2D eigenvalue weighted by Crippen LogP contribution is -2.51. The van der Waals surface area contributed by atoms with Gasteiger partial charge in [-0.1, -0.05) is 0 Å². The van der Waals surface area contributed by atoms with Crippen LogP contribution in [0.1, 0.15) is 48.9 Å². The molecule has 4 aliphatic rings. The fraction of sp³-hybridized carbons (Fsp3) is 0.440. The third kappa shape index (κ3) is 3.57. The van der Waals surface area contributed by atoms with Gasteiger partial charge in [0.1, 0.15) is 5.75 Å². The quantitative estimate of drug-likeness (QED) is 0.728. The van der Waals surface area contributed by atoms with Crippen LogP contribution in [-0.2, 0) is 4.79 Å². The second-order valence-corrected chi connectivity index (χ2v) is 9.41. The van der Waals surface area contributed by atoms with Crippen molar-refractivity contribution in [1.29, 1.82) is 0 Å². The Kier molecular flexibility index (Phi) is 4.76. The Morgan fingerprint density at radius 3 is 1.80 bits per heavy atom. The summed E-state index contributed by atoms with van der Waals surface area (Å²) < 4.78 is 5.12. The van der Waals surface area contributed by atoms with E-state index in [0.717, 1.165) is 42.7 Å². The Morgan fingerprint density at radius 1 is 0.800 bits per heavy atom. The number of carbonyl (C=O) groups is 2. The number of anilines is 2. The van der Waals surface area contributed by atoms with Gasteiger partial charge in [-0.15, -0.1) is 0 Å². The first-order chi connectivity index (χ1) is 14.5. The first kappa shape index (κ1) is 19.2.